The van der Waals surface area contributed by atoms with Gasteiger partial charge in [0.1, 0.15) is 0 Å². The number of ether oxygens (including phenoxy) is 2. The Kier molecular flexibility index (Phi) is 7.57. The summed E-state index contributed by atoms with van der Waals surface area (Å²) in [5.74, 6) is 2.96. The summed E-state index contributed by atoms with van der Waals surface area (Å²) in [5, 5.41) is 6.98. The zero-order chi connectivity index (χ0) is 19.1. The number of nitrogens with one attached hydrogen (secondary N) is 2. The van der Waals surface area contributed by atoms with Gasteiger partial charge >= 0.3 is 0 Å². The molecule has 1 fully saturated rings. The minimum atomic E-state index is 0.415. The number of nitrogens with zero attached hydrogens (tertiary/aromatic N) is 2. The molecule has 2 N–H and O–H groups in total. The Balaban J connectivity index is 1.94. The molecule has 6 nitrogen and oxygen atoms in total. The lowest BCUT2D eigenvalue weighted by Gasteiger charge is -2.22. The summed E-state index contributed by atoms with van der Waals surface area (Å²) in [7, 11) is 3.47. The Morgan fingerprint density at radius 3 is 2.65 bits per heavy atom. The van der Waals surface area contributed by atoms with Crippen molar-refractivity contribution in [3.8, 4) is 11.5 Å². The maximum Gasteiger partial charge on any atom is 0.191 e. The zero-order valence-electron chi connectivity index (χ0n) is 17.0. The predicted molar refractivity (Wildman–Crippen MR) is 107 cm³/mol. The number of hydrogen-bond acceptors (Lipinski definition) is 4. The van der Waals surface area contributed by atoms with Gasteiger partial charge in [-0.3, -0.25) is 9.89 Å². The van der Waals surface area contributed by atoms with Gasteiger partial charge in [-0.05, 0) is 44.4 Å². The first-order chi connectivity index (χ1) is 12.5. The lowest BCUT2D eigenvalue weighted by atomic mass is 10.1. The van der Waals surface area contributed by atoms with Gasteiger partial charge in [0, 0.05) is 38.8 Å². The molecule has 0 aromatic heterocycles. The molecule has 6 heteroatoms. The van der Waals surface area contributed by atoms with Gasteiger partial charge in [-0.2, -0.15) is 0 Å². The molecule has 1 saturated heterocycles. The summed E-state index contributed by atoms with van der Waals surface area (Å²) in [6.07, 6.45) is 0. The van der Waals surface area contributed by atoms with Gasteiger partial charge in [0.05, 0.1) is 13.7 Å². The van der Waals surface area contributed by atoms with Gasteiger partial charge in [-0.25, -0.2) is 0 Å². The first kappa shape index (κ1) is 20.4. The van der Waals surface area contributed by atoms with Gasteiger partial charge in [-0.15, -0.1) is 0 Å². The van der Waals surface area contributed by atoms with Crippen molar-refractivity contribution >= 4 is 5.96 Å². The predicted octanol–water partition coefficient (Wildman–Crippen LogP) is 2.49. The number of rotatable bonds is 7. The third-order valence-corrected chi connectivity index (χ3v) is 4.90. The maximum atomic E-state index is 5.65. The molecule has 0 amide bonds. The van der Waals surface area contributed by atoms with Crippen LogP contribution in [0, 0.1) is 5.92 Å². The lowest BCUT2D eigenvalue weighted by Crippen LogP contribution is -2.46. The van der Waals surface area contributed by atoms with E-state index in [1.807, 2.05) is 32.2 Å². The highest BCUT2D eigenvalue weighted by Gasteiger charge is 2.31. The number of benzene rings is 1. The second kappa shape index (κ2) is 9.67. The fourth-order valence-electron chi connectivity index (χ4n) is 3.27. The van der Waals surface area contributed by atoms with Crippen LogP contribution in [-0.4, -0.2) is 56.8 Å². The second-order valence-corrected chi connectivity index (χ2v) is 7.12. The molecule has 0 saturated carbocycles. The molecular weight excluding hydrogens is 328 g/mol. The summed E-state index contributed by atoms with van der Waals surface area (Å²) in [6, 6.07) is 6.99. The largest absolute Gasteiger partial charge is 0.493 e. The number of methoxy groups -OCH3 is 1. The molecule has 2 atom stereocenters. The van der Waals surface area contributed by atoms with Crippen molar-refractivity contribution in [2.45, 2.75) is 46.3 Å². The average Bonchev–Trinajstić information content (AvgIpc) is 3.00. The monoisotopic (exact) mass is 362 g/mol. The molecule has 1 aliphatic rings. The van der Waals surface area contributed by atoms with Gasteiger partial charge < -0.3 is 20.1 Å². The van der Waals surface area contributed by atoms with Crippen LogP contribution in [0.5, 0.6) is 11.5 Å². The molecule has 1 aliphatic heterocycles. The van der Waals surface area contributed by atoms with Gasteiger partial charge in [0.15, 0.2) is 17.5 Å². The normalized spacial score (nSPS) is 21.1. The summed E-state index contributed by atoms with van der Waals surface area (Å²) in [6.45, 7) is 12.2. The average molecular weight is 363 g/mol. The molecule has 0 aliphatic carbocycles. The fourth-order valence-corrected chi connectivity index (χ4v) is 3.27. The smallest absolute Gasteiger partial charge is 0.191 e. The minimum absolute atomic E-state index is 0.415. The van der Waals surface area contributed by atoms with Crippen LogP contribution in [0.3, 0.4) is 0 Å². The lowest BCUT2D eigenvalue weighted by molar-refractivity contribution is 0.265. The van der Waals surface area contributed by atoms with Crippen LogP contribution in [0.25, 0.3) is 0 Å². The minimum Gasteiger partial charge on any atom is -0.493 e. The summed E-state index contributed by atoms with van der Waals surface area (Å²) < 4.78 is 11.0. The number of hydrogen-bond donors (Lipinski definition) is 2. The highest BCUT2D eigenvalue weighted by molar-refractivity contribution is 5.80. The van der Waals surface area contributed by atoms with E-state index in [4.69, 9.17) is 9.47 Å². The van der Waals surface area contributed by atoms with Crippen molar-refractivity contribution in [1.29, 1.82) is 0 Å². The molecule has 0 bridgehead atoms. The summed E-state index contributed by atoms with van der Waals surface area (Å²) >= 11 is 0. The third-order valence-electron chi connectivity index (χ3n) is 4.90. The van der Waals surface area contributed by atoms with Crippen molar-refractivity contribution in [1.82, 2.24) is 15.5 Å². The van der Waals surface area contributed by atoms with Crippen molar-refractivity contribution < 1.29 is 9.47 Å². The van der Waals surface area contributed by atoms with Crippen molar-refractivity contribution in [3.63, 3.8) is 0 Å². The number of likely N-dealkylation sites (tertiary alicyclic amines) is 1. The molecule has 0 radical (unpaired) electrons. The standard InChI is InChI=1S/C20H34N4O2/c1-7-26-19-10-16(8-9-18(19)25-6)11-22-20(21-5)23-17-13-24(14(2)3)12-15(17)4/h8-10,14-15,17H,7,11-13H2,1-6H3,(H2,21,22,23). The summed E-state index contributed by atoms with van der Waals surface area (Å²) in [5.41, 5.74) is 1.13. The molecule has 1 aromatic rings. The Morgan fingerprint density at radius 2 is 2.08 bits per heavy atom. The molecule has 146 valence electrons. The van der Waals surface area contributed by atoms with Crippen LogP contribution in [-0.2, 0) is 6.54 Å². The molecule has 0 spiro atoms. The number of aliphatic imine (C=N–C) groups is 1. The Morgan fingerprint density at radius 1 is 1.31 bits per heavy atom. The topological polar surface area (TPSA) is 58.1 Å². The summed E-state index contributed by atoms with van der Waals surface area (Å²) in [4.78, 5) is 6.89. The van der Waals surface area contributed by atoms with E-state index in [0.717, 1.165) is 36.1 Å². The fraction of sp³-hybridized carbons (Fsp3) is 0.650. The van der Waals surface area contributed by atoms with E-state index in [1.165, 1.54) is 0 Å². The quantitative estimate of drug-likeness (QED) is 0.576. The third kappa shape index (κ3) is 5.27. The SMILES string of the molecule is CCOc1cc(CNC(=NC)NC2CN(C(C)C)CC2C)ccc1OC. The molecule has 1 aromatic carbocycles. The first-order valence-corrected chi connectivity index (χ1v) is 9.49. The highest BCUT2D eigenvalue weighted by Crippen LogP contribution is 2.28. The second-order valence-electron chi connectivity index (χ2n) is 7.12. The van der Waals surface area contributed by atoms with Crippen molar-refractivity contribution in [3.05, 3.63) is 23.8 Å². The molecule has 26 heavy (non-hydrogen) atoms. The van der Waals surface area contributed by atoms with Gasteiger partial charge in [0.2, 0.25) is 0 Å². The maximum absolute atomic E-state index is 5.65. The Bertz CT molecular complexity index is 603. The van der Waals surface area contributed by atoms with E-state index in [0.29, 0.717) is 31.2 Å². The van der Waals surface area contributed by atoms with Crippen LogP contribution in [0.4, 0.5) is 0 Å². The molecule has 1 heterocycles. The first-order valence-electron chi connectivity index (χ1n) is 9.49. The van der Waals surface area contributed by atoms with Gasteiger partial charge in [-0.1, -0.05) is 13.0 Å². The van der Waals surface area contributed by atoms with Crippen LogP contribution in [0.15, 0.2) is 23.2 Å². The molecular formula is C20H34N4O2. The molecule has 2 rings (SSSR count). The van der Waals surface area contributed by atoms with Crippen LogP contribution in [0.1, 0.15) is 33.3 Å². The van der Waals surface area contributed by atoms with E-state index in [2.05, 4.69) is 41.3 Å². The highest BCUT2D eigenvalue weighted by atomic mass is 16.5. The van der Waals surface area contributed by atoms with Crippen LogP contribution in [0.2, 0.25) is 0 Å². The van der Waals surface area contributed by atoms with E-state index >= 15 is 0 Å². The van der Waals surface area contributed by atoms with E-state index in [9.17, 15) is 0 Å². The molecule has 2 unspecified atom stereocenters. The zero-order valence-corrected chi connectivity index (χ0v) is 17.0. The van der Waals surface area contributed by atoms with E-state index in [-0.39, 0.29) is 0 Å². The van der Waals surface area contributed by atoms with E-state index in [1.54, 1.807) is 7.11 Å². The van der Waals surface area contributed by atoms with Crippen molar-refractivity contribution in [2.24, 2.45) is 10.9 Å². The Hall–Kier alpha value is -1.95. The van der Waals surface area contributed by atoms with Crippen LogP contribution < -0.4 is 20.1 Å². The van der Waals surface area contributed by atoms with Gasteiger partial charge in [0.25, 0.3) is 0 Å². The Labute approximate surface area is 158 Å². The van der Waals surface area contributed by atoms with Crippen molar-refractivity contribution in [2.75, 3.05) is 33.9 Å². The van der Waals surface area contributed by atoms with E-state index < -0.39 is 0 Å². The van der Waals surface area contributed by atoms with Crippen LogP contribution >= 0.6 is 0 Å². The number of guanidine groups is 1.